The van der Waals surface area contributed by atoms with Crippen molar-refractivity contribution in [3.8, 4) is 0 Å². The molecule has 1 aromatic carbocycles. The van der Waals surface area contributed by atoms with Crippen LogP contribution in [0.15, 0.2) is 18.2 Å². The van der Waals surface area contributed by atoms with E-state index in [0.29, 0.717) is 0 Å². The summed E-state index contributed by atoms with van der Waals surface area (Å²) in [4.78, 5) is 9.82. The lowest BCUT2D eigenvalue weighted by atomic mass is 9.95. The summed E-state index contributed by atoms with van der Waals surface area (Å²) in [6.45, 7) is 0. The molecule has 0 fully saturated rings. The van der Waals surface area contributed by atoms with Crippen LogP contribution in [0.2, 0.25) is 0 Å². The SMILES string of the molecule is Bc1ccc(N)c([N+](=O)[O-])c1. The molecule has 0 saturated carbocycles. The number of benzene rings is 1. The van der Waals surface area contributed by atoms with E-state index >= 15 is 0 Å². The van der Waals surface area contributed by atoms with Crippen molar-refractivity contribution in [3.05, 3.63) is 28.3 Å². The highest BCUT2D eigenvalue weighted by atomic mass is 16.6. The van der Waals surface area contributed by atoms with Crippen molar-refractivity contribution in [2.45, 2.75) is 0 Å². The van der Waals surface area contributed by atoms with E-state index in [1.54, 1.807) is 13.9 Å². The van der Waals surface area contributed by atoms with Gasteiger partial charge in [-0.05, 0) is 6.07 Å². The fourth-order valence-electron chi connectivity index (χ4n) is 0.812. The molecule has 2 N–H and O–H groups in total. The minimum Gasteiger partial charge on any atom is -0.393 e. The van der Waals surface area contributed by atoms with Gasteiger partial charge in [-0.1, -0.05) is 11.5 Å². The highest BCUT2D eigenvalue weighted by Crippen LogP contribution is 2.17. The fourth-order valence-corrected chi connectivity index (χ4v) is 0.812. The zero-order chi connectivity index (χ0) is 8.43. The first-order valence-electron chi connectivity index (χ1n) is 3.12. The van der Waals surface area contributed by atoms with Crippen LogP contribution in [-0.4, -0.2) is 12.8 Å². The lowest BCUT2D eigenvalue weighted by molar-refractivity contribution is -0.383. The second-order valence-electron chi connectivity index (χ2n) is 2.32. The maximum atomic E-state index is 10.3. The first-order chi connectivity index (χ1) is 5.11. The van der Waals surface area contributed by atoms with Crippen LogP contribution >= 0.6 is 0 Å². The number of hydrogen-bond donors (Lipinski definition) is 1. The number of hydrogen-bond acceptors (Lipinski definition) is 3. The number of nitrogens with zero attached hydrogens (tertiary/aromatic N) is 1. The van der Waals surface area contributed by atoms with E-state index in [-0.39, 0.29) is 11.4 Å². The Morgan fingerprint density at radius 1 is 1.55 bits per heavy atom. The molecule has 0 saturated heterocycles. The van der Waals surface area contributed by atoms with Gasteiger partial charge in [-0.25, -0.2) is 0 Å². The maximum Gasteiger partial charge on any atom is 0.291 e. The predicted octanol–water partition coefficient (Wildman–Crippen LogP) is -0.565. The molecule has 5 heteroatoms. The summed E-state index contributed by atoms with van der Waals surface area (Å²) >= 11 is 0. The number of nitro benzene ring substituents is 1. The van der Waals surface area contributed by atoms with Crippen LogP contribution in [0, 0.1) is 10.1 Å². The van der Waals surface area contributed by atoms with Gasteiger partial charge in [0.15, 0.2) is 0 Å². The topological polar surface area (TPSA) is 69.2 Å². The Labute approximate surface area is 64.6 Å². The van der Waals surface area contributed by atoms with Crippen molar-refractivity contribution < 1.29 is 4.92 Å². The zero-order valence-corrected chi connectivity index (χ0v) is 6.07. The van der Waals surface area contributed by atoms with Crippen LogP contribution in [0.5, 0.6) is 0 Å². The van der Waals surface area contributed by atoms with Gasteiger partial charge in [0.1, 0.15) is 13.5 Å². The molecule has 0 unspecified atom stereocenters. The third-order valence-corrected chi connectivity index (χ3v) is 1.38. The molecule has 0 aliphatic carbocycles. The standard InChI is InChI=1S/C6H7BN2O2/c7-4-1-2-5(8)6(3-4)9(10)11/h1-3H,7-8H2. The van der Waals surface area contributed by atoms with Gasteiger partial charge in [0.25, 0.3) is 5.69 Å². The summed E-state index contributed by atoms with van der Waals surface area (Å²) in [7, 11) is 1.78. The molecule has 0 bridgehead atoms. The molecule has 0 spiro atoms. The Balaban J connectivity index is 3.23. The zero-order valence-electron chi connectivity index (χ0n) is 6.07. The molecular weight excluding hydrogens is 143 g/mol. The molecule has 56 valence electrons. The van der Waals surface area contributed by atoms with Crippen LogP contribution in [-0.2, 0) is 0 Å². The van der Waals surface area contributed by atoms with Crippen molar-refractivity contribution in [1.29, 1.82) is 0 Å². The Morgan fingerprint density at radius 2 is 2.18 bits per heavy atom. The van der Waals surface area contributed by atoms with Gasteiger partial charge in [0.05, 0.1) is 4.92 Å². The number of nitro groups is 1. The average Bonchev–Trinajstić information content (AvgIpc) is 1.94. The summed E-state index contributed by atoms with van der Waals surface area (Å²) in [6.07, 6.45) is 0. The molecule has 1 aromatic rings. The van der Waals surface area contributed by atoms with E-state index in [4.69, 9.17) is 5.73 Å². The minimum atomic E-state index is -0.484. The van der Waals surface area contributed by atoms with Crippen molar-refractivity contribution in [3.63, 3.8) is 0 Å². The van der Waals surface area contributed by atoms with Gasteiger partial charge < -0.3 is 5.73 Å². The second kappa shape index (κ2) is 2.61. The molecule has 0 heterocycles. The third kappa shape index (κ3) is 1.49. The van der Waals surface area contributed by atoms with Crippen LogP contribution < -0.4 is 11.2 Å². The van der Waals surface area contributed by atoms with Crippen molar-refractivity contribution in [2.24, 2.45) is 0 Å². The Bertz CT molecular complexity index is 301. The number of nitrogen functional groups attached to an aromatic ring is 1. The fraction of sp³-hybridized carbons (Fsp3) is 0. The minimum absolute atomic E-state index is 0.0231. The summed E-state index contributed by atoms with van der Waals surface area (Å²) < 4.78 is 0. The molecule has 0 radical (unpaired) electrons. The summed E-state index contributed by atoms with van der Waals surface area (Å²) in [5, 5.41) is 10.3. The third-order valence-electron chi connectivity index (χ3n) is 1.38. The van der Waals surface area contributed by atoms with Crippen LogP contribution in [0.25, 0.3) is 0 Å². The Kier molecular flexibility index (Phi) is 1.80. The van der Waals surface area contributed by atoms with E-state index in [1.165, 1.54) is 12.1 Å². The number of rotatable bonds is 1. The molecule has 0 atom stereocenters. The molecule has 0 aromatic heterocycles. The predicted molar refractivity (Wildman–Crippen MR) is 45.7 cm³/mol. The monoisotopic (exact) mass is 150 g/mol. The molecule has 1 rings (SSSR count). The molecule has 4 nitrogen and oxygen atoms in total. The van der Waals surface area contributed by atoms with Gasteiger partial charge >= 0.3 is 0 Å². The first kappa shape index (κ1) is 7.59. The second-order valence-corrected chi connectivity index (χ2v) is 2.32. The van der Waals surface area contributed by atoms with E-state index in [2.05, 4.69) is 0 Å². The van der Waals surface area contributed by atoms with E-state index < -0.39 is 4.92 Å². The van der Waals surface area contributed by atoms with Crippen molar-refractivity contribution >= 4 is 24.7 Å². The Hall–Kier alpha value is -1.52. The van der Waals surface area contributed by atoms with Gasteiger partial charge in [-0.2, -0.15) is 0 Å². The van der Waals surface area contributed by atoms with Crippen molar-refractivity contribution in [2.75, 3.05) is 5.73 Å². The molecular formula is C6H7BN2O2. The summed E-state index contributed by atoms with van der Waals surface area (Å²) in [6, 6.07) is 4.73. The quantitative estimate of drug-likeness (QED) is 0.252. The number of nitrogens with two attached hydrogens (primary N) is 1. The largest absolute Gasteiger partial charge is 0.393 e. The van der Waals surface area contributed by atoms with E-state index in [1.807, 2.05) is 0 Å². The van der Waals surface area contributed by atoms with Gasteiger partial charge in [-0.15, -0.1) is 0 Å². The lowest BCUT2D eigenvalue weighted by Gasteiger charge is -1.96. The molecule has 11 heavy (non-hydrogen) atoms. The van der Waals surface area contributed by atoms with Gasteiger partial charge in [0, 0.05) is 6.07 Å². The van der Waals surface area contributed by atoms with Gasteiger partial charge in [0.2, 0.25) is 0 Å². The highest BCUT2D eigenvalue weighted by Gasteiger charge is 2.09. The average molecular weight is 150 g/mol. The summed E-state index contributed by atoms with van der Waals surface area (Å²) in [5.41, 5.74) is 6.37. The molecule has 0 aliphatic rings. The summed E-state index contributed by atoms with van der Waals surface area (Å²) in [5.74, 6) is 0. The normalized spacial score (nSPS) is 9.45. The number of anilines is 1. The van der Waals surface area contributed by atoms with Crippen LogP contribution in [0.3, 0.4) is 0 Å². The Morgan fingerprint density at radius 3 is 2.64 bits per heavy atom. The van der Waals surface area contributed by atoms with E-state index in [0.717, 1.165) is 5.46 Å². The highest BCUT2D eigenvalue weighted by molar-refractivity contribution is 6.32. The van der Waals surface area contributed by atoms with Crippen LogP contribution in [0.1, 0.15) is 0 Å². The molecule has 0 aliphatic heterocycles. The van der Waals surface area contributed by atoms with E-state index in [9.17, 15) is 10.1 Å². The lowest BCUT2D eigenvalue weighted by Crippen LogP contribution is -2.05. The smallest absolute Gasteiger partial charge is 0.291 e. The molecule has 0 amide bonds. The maximum absolute atomic E-state index is 10.3. The first-order valence-corrected chi connectivity index (χ1v) is 3.12. The van der Waals surface area contributed by atoms with Crippen molar-refractivity contribution in [1.82, 2.24) is 0 Å². The van der Waals surface area contributed by atoms with Gasteiger partial charge in [-0.3, -0.25) is 10.1 Å². The van der Waals surface area contributed by atoms with Crippen LogP contribution in [0.4, 0.5) is 11.4 Å².